The Bertz CT molecular complexity index is 1080. The topological polar surface area (TPSA) is 42.7 Å². The fourth-order valence-corrected chi connectivity index (χ4v) is 2.89. The number of hydrogen-bond donors (Lipinski definition) is 1. The fraction of sp³-hybridized carbons (Fsp3) is 0. The first-order valence-corrected chi connectivity index (χ1v) is 8.36. The van der Waals surface area contributed by atoms with Crippen LogP contribution in [-0.2, 0) is 0 Å². The molecule has 26 heavy (non-hydrogen) atoms. The highest BCUT2D eigenvalue weighted by molar-refractivity contribution is 5.88. The van der Waals surface area contributed by atoms with Crippen LogP contribution < -0.4 is 5.32 Å². The molecule has 0 radical (unpaired) electrons. The van der Waals surface area contributed by atoms with E-state index < -0.39 is 0 Å². The van der Waals surface area contributed by atoms with Gasteiger partial charge in [0.15, 0.2) is 0 Å². The van der Waals surface area contributed by atoms with Crippen LogP contribution in [0.1, 0.15) is 11.1 Å². The third-order valence-corrected chi connectivity index (χ3v) is 4.21. The summed E-state index contributed by atoms with van der Waals surface area (Å²) in [5, 5.41) is 12.6. The molecule has 0 aliphatic rings. The summed E-state index contributed by atoms with van der Waals surface area (Å²) in [4.78, 5) is 1.65. The zero-order valence-corrected chi connectivity index (χ0v) is 14.3. The minimum Gasteiger partial charge on any atom is -0.356 e. The van der Waals surface area contributed by atoms with Crippen molar-refractivity contribution in [1.29, 1.82) is 0 Å². The second-order valence-corrected chi connectivity index (χ2v) is 5.87. The minimum atomic E-state index is 0.823. The second kappa shape index (κ2) is 6.69. The van der Waals surface area contributed by atoms with Crippen LogP contribution in [0.5, 0.6) is 0 Å². The second-order valence-electron chi connectivity index (χ2n) is 5.87. The van der Waals surface area contributed by atoms with Gasteiger partial charge in [0.1, 0.15) is 11.0 Å². The molecule has 4 nitrogen and oxygen atoms in total. The molecule has 0 saturated carbocycles. The SMILES string of the molecule is C=Cc1ccc2nn(-c3ccc(Nc4ccccc4)cc3)nc2c1C=C. The van der Waals surface area contributed by atoms with Gasteiger partial charge in [0.25, 0.3) is 0 Å². The molecule has 3 aromatic carbocycles. The van der Waals surface area contributed by atoms with Gasteiger partial charge < -0.3 is 5.32 Å². The average molecular weight is 338 g/mol. The summed E-state index contributed by atoms with van der Waals surface area (Å²) >= 11 is 0. The van der Waals surface area contributed by atoms with E-state index >= 15 is 0 Å². The lowest BCUT2D eigenvalue weighted by atomic mass is 10.1. The lowest BCUT2D eigenvalue weighted by Crippen LogP contribution is -1.98. The summed E-state index contributed by atoms with van der Waals surface area (Å²) in [6, 6.07) is 22.0. The van der Waals surface area contributed by atoms with Gasteiger partial charge in [-0.2, -0.15) is 4.80 Å². The van der Waals surface area contributed by atoms with Gasteiger partial charge in [-0.1, -0.05) is 49.6 Å². The lowest BCUT2D eigenvalue weighted by molar-refractivity contribution is 0.765. The summed E-state index contributed by atoms with van der Waals surface area (Å²) < 4.78 is 0. The summed E-state index contributed by atoms with van der Waals surface area (Å²) in [6.07, 6.45) is 3.60. The summed E-state index contributed by atoms with van der Waals surface area (Å²) in [5.74, 6) is 0. The lowest BCUT2D eigenvalue weighted by Gasteiger charge is -2.07. The predicted octanol–water partition coefficient (Wildman–Crippen LogP) is 5.45. The Morgan fingerprint density at radius 3 is 2.19 bits per heavy atom. The van der Waals surface area contributed by atoms with Crippen LogP contribution in [0.2, 0.25) is 0 Å². The maximum absolute atomic E-state index is 4.64. The van der Waals surface area contributed by atoms with E-state index in [2.05, 4.69) is 28.7 Å². The molecule has 1 N–H and O–H groups in total. The predicted molar refractivity (Wildman–Crippen MR) is 109 cm³/mol. The largest absolute Gasteiger partial charge is 0.356 e. The highest BCUT2D eigenvalue weighted by Gasteiger charge is 2.10. The molecule has 0 spiro atoms. The Labute approximate surface area is 152 Å². The van der Waals surface area contributed by atoms with Crippen molar-refractivity contribution in [1.82, 2.24) is 15.0 Å². The van der Waals surface area contributed by atoms with Gasteiger partial charge in [-0.15, -0.1) is 10.2 Å². The van der Waals surface area contributed by atoms with Crippen molar-refractivity contribution in [3.05, 3.63) is 91.0 Å². The van der Waals surface area contributed by atoms with Gasteiger partial charge in [-0.05, 0) is 48.0 Å². The third kappa shape index (κ3) is 2.89. The Hall–Kier alpha value is -3.66. The normalized spacial score (nSPS) is 10.6. The van der Waals surface area contributed by atoms with Crippen LogP contribution in [0.15, 0.2) is 79.9 Å². The number of para-hydroxylation sites is 1. The Kier molecular flexibility index (Phi) is 4.07. The molecule has 0 fully saturated rings. The Morgan fingerprint density at radius 1 is 0.769 bits per heavy atom. The molecule has 0 aliphatic heterocycles. The Balaban J connectivity index is 1.67. The first kappa shape index (κ1) is 15.8. The molecular formula is C22H18N4. The van der Waals surface area contributed by atoms with Gasteiger partial charge in [0.2, 0.25) is 0 Å². The molecule has 0 amide bonds. The first-order chi connectivity index (χ1) is 12.8. The molecular weight excluding hydrogens is 320 g/mol. The number of fused-ring (bicyclic) bond motifs is 1. The summed E-state index contributed by atoms with van der Waals surface area (Å²) in [6.45, 7) is 7.74. The number of aromatic nitrogens is 3. The number of anilines is 2. The summed E-state index contributed by atoms with van der Waals surface area (Å²) in [7, 11) is 0. The standard InChI is InChI=1S/C22H18N4/c1-3-16-10-15-21-22(20(16)4-2)25-26(24-21)19-13-11-18(12-14-19)23-17-8-6-5-7-9-17/h3-15,23H,1-2H2. The quantitative estimate of drug-likeness (QED) is 0.526. The minimum absolute atomic E-state index is 0.823. The van der Waals surface area contributed by atoms with E-state index in [4.69, 9.17) is 0 Å². The molecule has 0 atom stereocenters. The van der Waals surface area contributed by atoms with Crippen molar-refractivity contribution >= 4 is 34.6 Å². The van der Waals surface area contributed by atoms with Crippen LogP contribution >= 0.6 is 0 Å². The van der Waals surface area contributed by atoms with E-state index in [0.29, 0.717) is 0 Å². The smallest absolute Gasteiger partial charge is 0.121 e. The van der Waals surface area contributed by atoms with E-state index in [9.17, 15) is 0 Å². The maximum atomic E-state index is 4.64. The zero-order chi connectivity index (χ0) is 17.9. The van der Waals surface area contributed by atoms with Crippen molar-refractivity contribution < 1.29 is 0 Å². The van der Waals surface area contributed by atoms with Gasteiger partial charge >= 0.3 is 0 Å². The molecule has 1 aromatic heterocycles. The van der Waals surface area contributed by atoms with E-state index in [1.54, 1.807) is 16.9 Å². The van der Waals surface area contributed by atoms with Crippen LogP contribution in [0.3, 0.4) is 0 Å². The van der Waals surface area contributed by atoms with Crippen molar-refractivity contribution in [3.63, 3.8) is 0 Å². The van der Waals surface area contributed by atoms with Gasteiger partial charge in [-0.3, -0.25) is 0 Å². The van der Waals surface area contributed by atoms with Crippen molar-refractivity contribution in [2.24, 2.45) is 0 Å². The van der Waals surface area contributed by atoms with Gasteiger partial charge in [0, 0.05) is 16.9 Å². The Morgan fingerprint density at radius 2 is 1.50 bits per heavy atom. The molecule has 0 aliphatic carbocycles. The number of rotatable bonds is 5. The monoisotopic (exact) mass is 338 g/mol. The first-order valence-electron chi connectivity index (χ1n) is 8.36. The van der Waals surface area contributed by atoms with E-state index in [1.807, 2.05) is 66.7 Å². The molecule has 0 bridgehead atoms. The molecule has 0 saturated heterocycles. The average Bonchev–Trinajstić information content (AvgIpc) is 3.12. The number of hydrogen-bond acceptors (Lipinski definition) is 3. The van der Waals surface area contributed by atoms with Crippen LogP contribution in [0.4, 0.5) is 11.4 Å². The van der Waals surface area contributed by atoms with E-state index in [1.165, 1.54) is 0 Å². The van der Waals surface area contributed by atoms with Crippen LogP contribution in [0.25, 0.3) is 28.9 Å². The number of benzene rings is 3. The zero-order valence-electron chi connectivity index (χ0n) is 14.3. The summed E-state index contributed by atoms with van der Waals surface area (Å²) in [5.41, 5.74) is 6.57. The van der Waals surface area contributed by atoms with Crippen molar-refractivity contribution in [2.45, 2.75) is 0 Å². The highest BCUT2D eigenvalue weighted by atomic mass is 15.5. The molecule has 0 unspecified atom stereocenters. The maximum Gasteiger partial charge on any atom is 0.121 e. The highest BCUT2D eigenvalue weighted by Crippen LogP contribution is 2.23. The molecule has 4 rings (SSSR count). The van der Waals surface area contributed by atoms with Gasteiger partial charge in [-0.25, -0.2) is 0 Å². The molecule has 4 heteroatoms. The van der Waals surface area contributed by atoms with Crippen molar-refractivity contribution in [2.75, 3.05) is 5.32 Å². The fourth-order valence-electron chi connectivity index (χ4n) is 2.89. The molecule has 1 heterocycles. The molecule has 4 aromatic rings. The van der Waals surface area contributed by atoms with E-state index in [0.717, 1.165) is 39.2 Å². The van der Waals surface area contributed by atoms with Crippen LogP contribution in [0, 0.1) is 0 Å². The third-order valence-electron chi connectivity index (χ3n) is 4.21. The number of nitrogens with one attached hydrogen (secondary N) is 1. The van der Waals surface area contributed by atoms with Crippen molar-refractivity contribution in [3.8, 4) is 5.69 Å². The number of nitrogens with zero attached hydrogens (tertiary/aromatic N) is 3. The van der Waals surface area contributed by atoms with Crippen LogP contribution in [-0.4, -0.2) is 15.0 Å². The molecule has 126 valence electrons. The van der Waals surface area contributed by atoms with Gasteiger partial charge in [0.05, 0.1) is 5.69 Å². The van der Waals surface area contributed by atoms with E-state index in [-0.39, 0.29) is 0 Å².